The van der Waals surface area contributed by atoms with E-state index in [0.29, 0.717) is 10.7 Å². The molecule has 0 fully saturated rings. The number of rotatable bonds is 6. The fourth-order valence-corrected chi connectivity index (χ4v) is 3.29. The number of anilines is 1. The van der Waals surface area contributed by atoms with Crippen molar-refractivity contribution in [1.82, 2.24) is 5.43 Å². The second-order valence-electron chi connectivity index (χ2n) is 5.90. The Bertz CT molecular complexity index is 925. The Morgan fingerprint density at radius 2 is 1.85 bits per heavy atom. The summed E-state index contributed by atoms with van der Waals surface area (Å²) in [5.41, 5.74) is 5.24. The van der Waals surface area contributed by atoms with Crippen LogP contribution in [0.2, 0.25) is 5.02 Å². The van der Waals surface area contributed by atoms with E-state index in [0.717, 1.165) is 27.3 Å². The summed E-state index contributed by atoms with van der Waals surface area (Å²) in [5.74, 6) is -0.540. The zero-order valence-corrected chi connectivity index (χ0v) is 16.3. The highest BCUT2D eigenvalue weighted by Gasteiger charge is 2.22. The van der Waals surface area contributed by atoms with Gasteiger partial charge in [0.25, 0.3) is 5.91 Å². The van der Waals surface area contributed by atoms with E-state index in [4.69, 9.17) is 11.6 Å². The van der Waals surface area contributed by atoms with Crippen LogP contribution >= 0.6 is 11.6 Å². The Kier molecular flexibility index (Phi) is 6.39. The maximum absolute atomic E-state index is 12.2. The van der Waals surface area contributed by atoms with Crippen LogP contribution in [-0.4, -0.2) is 33.3 Å². The summed E-state index contributed by atoms with van der Waals surface area (Å²) in [6.45, 7) is 3.30. The molecule has 0 radical (unpaired) electrons. The van der Waals surface area contributed by atoms with Crippen LogP contribution in [0.4, 0.5) is 5.69 Å². The van der Waals surface area contributed by atoms with E-state index in [-0.39, 0.29) is 6.54 Å². The maximum Gasteiger partial charge on any atom is 0.260 e. The molecule has 138 valence electrons. The van der Waals surface area contributed by atoms with Crippen molar-refractivity contribution in [1.29, 1.82) is 0 Å². The average molecular weight is 394 g/mol. The first-order chi connectivity index (χ1) is 12.2. The maximum atomic E-state index is 12.2. The van der Waals surface area contributed by atoms with Gasteiger partial charge in [-0.05, 0) is 48.7 Å². The van der Waals surface area contributed by atoms with E-state index in [1.807, 2.05) is 19.1 Å². The number of carbonyl (C=O) groups is 1. The lowest BCUT2D eigenvalue weighted by atomic mass is 10.1. The van der Waals surface area contributed by atoms with Crippen molar-refractivity contribution in [3.63, 3.8) is 0 Å². The summed E-state index contributed by atoms with van der Waals surface area (Å²) in [5, 5.41) is 4.45. The third-order valence-corrected chi connectivity index (χ3v) is 4.97. The molecule has 0 unspecified atom stereocenters. The summed E-state index contributed by atoms with van der Waals surface area (Å²) >= 11 is 5.80. The van der Waals surface area contributed by atoms with Crippen molar-refractivity contribution in [2.75, 3.05) is 17.1 Å². The van der Waals surface area contributed by atoms with Gasteiger partial charge in [-0.25, -0.2) is 13.8 Å². The lowest BCUT2D eigenvalue weighted by Gasteiger charge is -2.23. The van der Waals surface area contributed by atoms with Crippen molar-refractivity contribution < 1.29 is 13.2 Å². The molecule has 26 heavy (non-hydrogen) atoms. The Balaban J connectivity index is 2.12. The number of hydrogen-bond donors (Lipinski definition) is 1. The molecule has 6 nitrogen and oxygen atoms in total. The predicted molar refractivity (Wildman–Crippen MR) is 105 cm³/mol. The summed E-state index contributed by atoms with van der Waals surface area (Å²) < 4.78 is 25.4. The van der Waals surface area contributed by atoms with Gasteiger partial charge in [0, 0.05) is 5.02 Å². The molecule has 2 aromatic rings. The minimum Gasteiger partial charge on any atom is -0.271 e. The number of hydrogen-bond acceptors (Lipinski definition) is 4. The fraction of sp³-hybridized carbons (Fsp3) is 0.222. The van der Waals surface area contributed by atoms with Gasteiger partial charge >= 0.3 is 0 Å². The standard InChI is InChI=1S/C18H20ClN3O3S/c1-13-4-5-14(2)17(10-13)22(26(3,24)25)12-18(23)21-20-11-15-6-8-16(19)9-7-15/h4-11H,12H2,1-3H3,(H,21,23)/b20-11-. The van der Waals surface area contributed by atoms with Crippen LogP contribution < -0.4 is 9.73 Å². The first-order valence-corrected chi connectivity index (χ1v) is 10.0. The van der Waals surface area contributed by atoms with Crippen LogP contribution in [0.3, 0.4) is 0 Å². The van der Waals surface area contributed by atoms with Crippen LogP contribution in [0.5, 0.6) is 0 Å². The third-order valence-electron chi connectivity index (χ3n) is 3.59. The second kappa shape index (κ2) is 8.33. The molecule has 0 heterocycles. The Morgan fingerprint density at radius 3 is 2.46 bits per heavy atom. The first-order valence-electron chi connectivity index (χ1n) is 7.79. The molecule has 0 aliphatic carbocycles. The van der Waals surface area contributed by atoms with Gasteiger partial charge in [-0.2, -0.15) is 5.10 Å². The zero-order valence-electron chi connectivity index (χ0n) is 14.7. The Hall–Kier alpha value is -2.38. The van der Waals surface area contributed by atoms with Gasteiger partial charge in [-0.1, -0.05) is 35.9 Å². The van der Waals surface area contributed by atoms with E-state index in [9.17, 15) is 13.2 Å². The molecule has 1 N–H and O–H groups in total. The van der Waals surface area contributed by atoms with Crippen LogP contribution in [0.25, 0.3) is 0 Å². The monoisotopic (exact) mass is 393 g/mol. The highest BCUT2D eigenvalue weighted by molar-refractivity contribution is 7.92. The highest BCUT2D eigenvalue weighted by atomic mass is 35.5. The lowest BCUT2D eigenvalue weighted by molar-refractivity contribution is -0.119. The van der Waals surface area contributed by atoms with Gasteiger partial charge in [-0.3, -0.25) is 9.10 Å². The number of nitrogens with one attached hydrogen (secondary N) is 1. The van der Waals surface area contributed by atoms with E-state index in [1.54, 1.807) is 37.3 Å². The first kappa shape index (κ1) is 19.9. The SMILES string of the molecule is Cc1ccc(C)c(N(CC(=O)N/N=C\c2ccc(Cl)cc2)S(C)(=O)=O)c1. The number of aryl methyl sites for hydroxylation is 2. The molecule has 0 atom stereocenters. The van der Waals surface area contributed by atoms with Gasteiger partial charge in [0.2, 0.25) is 10.0 Å². The lowest BCUT2D eigenvalue weighted by Crippen LogP contribution is -2.39. The number of nitrogens with zero attached hydrogens (tertiary/aromatic N) is 2. The molecular formula is C18H20ClN3O3S. The minimum absolute atomic E-state index is 0.360. The van der Waals surface area contributed by atoms with Crippen LogP contribution in [0, 0.1) is 13.8 Å². The van der Waals surface area contributed by atoms with Crippen molar-refractivity contribution in [3.05, 3.63) is 64.2 Å². The van der Waals surface area contributed by atoms with Gasteiger partial charge in [0.1, 0.15) is 6.54 Å². The molecule has 2 rings (SSSR count). The van der Waals surface area contributed by atoms with E-state index in [2.05, 4.69) is 10.5 Å². The fourth-order valence-electron chi connectivity index (χ4n) is 2.26. The van der Waals surface area contributed by atoms with E-state index >= 15 is 0 Å². The predicted octanol–water partition coefficient (Wildman–Crippen LogP) is 2.87. The summed E-state index contributed by atoms with van der Waals surface area (Å²) in [6.07, 6.45) is 2.52. The molecule has 0 saturated carbocycles. The highest BCUT2D eigenvalue weighted by Crippen LogP contribution is 2.23. The normalized spacial score (nSPS) is 11.5. The molecule has 0 aliphatic rings. The Labute approximate surface area is 158 Å². The van der Waals surface area contributed by atoms with Crippen molar-refractivity contribution in [2.45, 2.75) is 13.8 Å². The van der Waals surface area contributed by atoms with Gasteiger partial charge < -0.3 is 0 Å². The van der Waals surface area contributed by atoms with Crippen molar-refractivity contribution >= 4 is 39.4 Å². The molecule has 8 heteroatoms. The summed E-state index contributed by atoms with van der Waals surface area (Å²) in [4.78, 5) is 12.2. The summed E-state index contributed by atoms with van der Waals surface area (Å²) in [6, 6.07) is 12.3. The molecule has 1 amide bonds. The topological polar surface area (TPSA) is 78.8 Å². The Morgan fingerprint density at radius 1 is 1.19 bits per heavy atom. The number of carbonyl (C=O) groups excluding carboxylic acids is 1. The minimum atomic E-state index is -3.63. The molecule has 0 bridgehead atoms. The number of amides is 1. The average Bonchev–Trinajstić information content (AvgIpc) is 2.56. The van der Waals surface area contributed by atoms with Gasteiger partial charge in [-0.15, -0.1) is 0 Å². The third kappa shape index (κ3) is 5.57. The van der Waals surface area contributed by atoms with Gasteiger partial charge in [0.15, 0.2) is 0 Å². The van der Waals surface area contributed by atoms with E-state index in [1.165, 1.54) is 6.21 Å². The number of benzene rings is 2. The van der Waals surface area contributed by atoms with Crippen molar-refractivity contribution in [3.8, 4) is 0 Å². The van der Waals surface area contributed by atoms with E-state index < -0.39 is 15.9 Å². The second-order valence-corrected chi connectivity index (χ2v) is 8.25. The van der Waals surface area contributed by atoms with Gasteiger partial charge in [0.05, 0.1) is 18.2 Å². The number of halogens is 1. The van der Waals surface area contributed by atoms with Crippen molar-refractivity contribution in [2.24, 2.45) is 5.10 Å². The number of hydrazone groups is 1. The van der Waals surface area contributed by atoms with Crippen LogP contribution in [0.15, 0.2) is 47.6 Å². The molecule has 0 spiro atoms. The largest absolute Gasteiger partial charge is 0.271 e. The zero-order chi connectivity index (χ0) is 19.3. The smallest absolute Gasteiger partial charge is 0.260 e. The van der Waals surface area contributed by atoms with Crippen LogP contribution in [0.1, 0.15) is 16.7 Å². The molecule has 0 aromatic heterocycles. The van der Waals surface area contributed by atoms with Crippen LogP contribution in [-0.2, 0) is 14.8 Å². The quantitative estimate of drug-likeness (QED) is 0.605. The molecule has 0 saturated heterocycles. The molecule has 2 aromatic carbocycles. The number of sulfonamides is 1. The molecular weight excluding hydrogens is 374 g/mol. The molecule has 0 aliphatic heterocycles. The summed E-state index contributed by atoms with van der Waals surface area (Å²) in [7, 11) is -3.63.